The summed E-state index contributed by atoms with van der Waals surface area (Å²) in [5.74, 6) is 0. The van der Waals surface area contributed by atoms with Gasteiger partial charge in [0.1, 0.15) is 6.79 Å². The first-order valence-electron chi connectivity index (χ1n) is 8.42. The van der Waals surface area contributed by atoms with Crippen LogP contribution in [-0.4, -0.2) is 56.3 Å². The Morgan fingerprint density at radius 1 is 0.750 bits per heavy atom. The SMILES string of the molecule is OCCCCCCCOCOCCCCN1CCCC1. The van der Waals surface area contributed by atoms with E-state index in [9.17, 15) is 0 Å². The van der Waals surface area contributed by atoms with Gasteiger partial charge in [0, 0.05) is 19.8 Å². The Bertz CT molecular complexity index is 196. The van der Waals surface area contributed by atoms with Crippen molar-refractivity contribution < 1.29 is 14.6 Å². The van der Waals surface area contributed by atoms with Gasteiger partial charge in [0.25, 0.3) is 0 Å². The van der Waals surface area contributed by atoms with Gasteiger partial charge in [-0.1, -0.05) is 19.3 Å². The minimum Gasteiger partial charge on any atom is -0.396 e. The van der Waals surface area contributed by atoms with Crippen LogP contribution in [0.2, 0.25) is 0 Å². The molecule has 20 heavy (non-hydrogen) atoms. The molecule has 1 aliphatic rings. The van der Waals surface area contributed by atoms with Gasteiger partial charge in [0.15, 0.2) is 0 Å². The van der Waals surface area contributed by atoms with Crippen LogP contribution in [0.25, 0.3) is 0 Å². The van der Waals surface area contributed by atoms with E-state index in [0.717, 1.165) is 38.9 Å². The molecule has 1 fully saturated rings. The molecular weight excluding hydrogens is 254 g/mol. The van der Waals surface area contributed by atoms with Gasteiger partial charge in [0.2, 0.25) is 0 Å². The Labute approximate surface area is 124 Å². The third-order valence-electron chi connectivity index (χ3n) is 3.83. The Kier molecular flexibility index (Phi) is 12.3. The average Bonchev–Trinajstić information content (AvgIpc) is 2.97. The van der Waals surface area contributed by atoms with Crippen molar-refractivity contribution in [2.75, 3.05) is 46.2 Å². The summed E-state index contributed by atoms with van der Waals surface area (Å²) in [4.78, 5) is 2.55. The lowest BCUT2D eigenvalue weighted by Crippen LogP contribution is -2.20. The highest BCUT2D eigenvalue weighted by molar-refractivity contribution is 4.65. The van der Waals surface area contributed by atoms with Gasteiger partial charge in [-0.15, -0.1) is 0 Å². The molecule has 1 heterocycles. The zero-order chi connectivity index (χ0) is 14.3. The molecular formula is C16H33NO3. The van der Waals surface area contributed by atoms with Gasteiger partial charge in [-0.25, -0.2) is 0 Å². The molecule has 0 aromatic heterocycles. The zero-order valence-corrected chi connectivity index (χ0v) is 13.0. The van der Waals surface area contributed by atoms with E-state index in [1.165, 1.54) is 51.7 Å². The molecule has 0 radical (unpaired) electrons. The van der Waals surface area contributed by atoms with Gasteiger partial charge in [-0.05, 0) is 58.2 Å². The molecule has 0 aliphatic carbocycles. The van der Waals surface area contributed by atoms with Crippen molar-refractivity contribution in [3.63, 3.8) is 0 Å². The monoisotopic (exact) mass is 287 g/mol. The van der Waals surface area contributed by atoms with Crippen LogP contribution in [0.3, 0.4) is 0 Å². The first kappa shape index (κ1) is 17.9. The predicted molar refractivity (Wildman–Crippen MR) is 81.8 cm³/mol. The van der Waals surface area contributed by atoms with Crippen LogP contribution in [0.15, 0.2) is 0 Å². The van der Waals surface area contributed by atoms with Crippen LogP contribution in [-0.2, 0) is 9.47 Å². The van der Waals surface area contributed by atoms with Crippen LogP contribution >= 0.6 is 0 Å². The number of hydrogen-bond acceptors (Lipinski definition) is 4. The molecule has 120 valence electrons. The number of rotatable bonds is 14. The molecule has 1 N–H and O–H groups in total. The maximum atomic E-state index is 8.65. The van der Waals surface area contributed by atoms with E-state index in [1.54, 1.807) is 0 Å². The number of likely N-dealkylation sites (tertiary alicyclic amines) is 1. The second-order valence-corrected chi connectivity index (χ2v) is 5.68. The zero-order valence-electron chi connectivity index (χ0n) is 13.0. The Morgan fingerprint density at radius 2 is 1.35 bits per heavy atom. The maximum Gasteiger partial charge on any atom is 0.146 e. The second-order valence-electron chi connectivity index (χ2n) is 5.68. The van der Waals surface area contributed by atoms with E-state index in [0.29, 0.717) is 13.4 Å². The fourth-order valence-electron chi connectivity index (χ4n) is 2.57. The molecule has 0 amide bonds. The molecule has 1 rings (SSSR count). The predicted octanol–water partition coefficient (Wildman–Crippen LogP) is 2.80. The third kappa shape index (κ3) is 10.6. The van der Waals surface area contributed by atoms with E-state index >= 15 is 0 Å². The summed E-state index contributed by atoms with van der Waals surface area (Å²) in [5, 5.41) is 8.65. The molecule has 0 unspecified atom stereocenters. The molecule has 1 aliphatic heterocycles. The normalized spacial score (nSPS) is 16.1. The van der Waals surface area contributed by atoms with Gasteiger partial charge < -0.3 is 19.5 Å². The summed E-state index contributed by atoms with van der Waals surface area (Å²) in [6.45, 7) is 6.21. The lowest BCUT2D eigenvalue weighted by atomic mass is 10.1. The van der Waals surface area contributed by atoms with Crippen LogP contribution in [0.5, 0.6) is 0 Å². The largest absolute Gasteiger partial charge is 0.396 e. The van der Waals surface area contributed by atoms with Crippen molar-refractivity contribution in [1.82, 2.24) is 4.90 Å². The highest BCUT2D eigenvalue weighted by Crippen LogP contribution is 2.08. The van der Waals surface area contributed by atoms with E-state index in [-0.39, 0.29) is 0 Å². The molecule has 1 saturated heterocycles. The van der Waals surface area contributed by atoms with Crippen LogP contribution in [0.1, 0.15) is 57.8 Å². The van der Waals surface area contributed by atoms with Crippen LogP contribution in [0, 0.1) is 0 Å². The van der Waals surface area contributed by atoms with Crippen molar-refractivity contribution in [3.8, 4) is 0 Å². The van der Waals surface area contributed by atoms with Crippen LogP contribution in [0.4, 0.5) is 0 Å². The summed E-state index contributed by atoms with van der Waals surface area (Å²) in [6, 6.07) is 0. The van der Waals surface area contributed by atoms with E-state index in [1.807, 2.05) is 0 Å². The number of aliphatic hydroxyl groups is 1. The van der Waals surface area contributed by atoms with Crippen molar-refractivity contribution >= 4 is 0 Å². The van der Waals surface area contributed by atoms with Crippen LogP contribution < -0.4 is 0 Å². The quantitative estimate of drug-likeness (QED) is 0.394. The molecule has 4 heteroatoms. The van der Waals surface area contributed by atoms with Gasteiger partial charge in [0.05, 0.1) is 0 Å². The maximum absolute atomic E-state index is 8.65. The lowest BCUT2D eigenvalue weighted by Gasteiger charge is -2.13. The van der Waals surface area contributed by atoms with Crippen molar-refractivity contribution in [2.24, 2.45) is 0 Å². The molecule has 0 aromatic carbocycles. The molecule has 0 atom stereocenters. The van der Waals surface area contributed by atoms with Gasteiger partial charge in [-0.2, -0.15) is 0 Å². The van der Waals surface area contributed by atoms with Crippen molar-refractivity contribution in [3.05, 3.63) is 0 Å². The van der Waals surface area contributed by atoms with Gasteiger partial charge in [-0.3, -0.25) is 0 Å². The molecule has 0 spiro atoms. The summed E-state index contributed by atoms with van der Waals surface area (Å²) in [5.41, 5.74) is 0. The number of hydrogen-bond donors (Lipinski definition) is 1. The number of aliphatic hydroxyl groups excluding tert-OH is 1. The number of unbranched alkanes of at least 4 members (excludes halogenated alkanes) is 5. The van der Waals surface area contributed by atoms with E-state index < -0.39 is 0 Å². The van der Waals surface area contributed by atoms with Crippen molar-refractivity contribution in [1.29, 1.82) is 0 Å². The Morgan fingerprint density at radius 3 is 2.05 bits per heavy atom. The minimum atomic E-state index is 0.322. The number of nitrogens with zero attached hydrogens (tertiary/aromatic N) is 1. The van der Waals surface area contributed by atoms with E-state index in [2.05, 4.69) is 4.90 Å². The fourth-order valence-corrected chi connectivity index (χ4v) is 2.57. The van der Waals surface area contributed by atoms with Crippen molar-refractivity contribution in [2.45, 2.75) is 57.8 Å². The number of ether oxygens (including phenoxy) is 2. The highest BCUT2D eigenvalue weighted by Gasteiger charge is 2.09. The summed E-state index contributed by atoms with van der Waals surface area (Å²) >= 11 is 0. The summed E-state index contributed by atoms with van der Waals surface area (Å²) in [7, 11) is 0. The summed E-state index contributed by atoms with van der Waals surface area (Å²) < 4.78 is 10.9. The first-order valence-corrected chi connectivity index (χ1v) is 8.42. The Hall–Kier alpha value is -0.160. The van der Waals surface area contributed by atoms with E-state index in [4.69, 9.17) is 14.6 Å². The minimum absolute atomic E-state index is 0.322. The molecule has 0 saturated carbocycles. The molecule has 0 bridgehead atoms. The topological polar surface area (TPSA) is 41.9 Å². The molecule has 0 aromatic rings. The van der Waals surface area contributed by atoms with Gasteiger partial charge >= 0.3 is 0 Å². The Balaban J connectivity index is 1.66. The smallest absolute Gasteiger partial charge is 0.146 e. The summed E-state index contributed by atoms with van der Waals surface area (Å²) in [6.07, 6.45) is 10.7. The molecule has 4 nitrogen and oxygen atoms in total. The second kappa shape index (κ2) is 13.8. The standard InChI is InChI=1S/C16H33NO3/c18-13-7-2-1-3-8-14-19-16-20-15-9-6-12-17-10-4-5-11-17/h18H,1-16H2. The average molecular weight is 287 g/mol. The fraction of sp³-hybridized carbons (Fsp3) is 1.00. The highest BCUT2D eigenvalue weighted by atomic mass is 16.7. The first-order chi connectivity index (χ1) is 9.93. The lowest BCUT2D eigenvalue weighted by molar-refractivity contribution is -0.0557. The third-order valence-corrected chi connectivity index (χ3v) is 3.83.